The van der Waals surface area contributed by atoms with Crippen LogP contribution in [0.3, 0.4) is 0 Å². The highest BCUT2D eigenvalue weighted by atomic mass is 16.5. The van der Waals surface area contributed by atoms with E-state index in [-0.39, 0.29) is 5.54 Å². The Hall–Kier alpha value is -1.36. The number of rotatable bonds is 4. The Morgan fingerprint density at radius 1 is 1.62 bits per heavy atom. The van der Waals surface area contributed by atoms with Crippen molar-refractivity contribution in [3.05, 3.63) is 12.3 Å². The summed E-state index contributed by atoms with van der Waals surface area (Å²) in [5.41, 5.74) is -0.0646. The minimum absolute atomic E-state index is 0.0646. The lowest BCUT2D eigenvalue weighted by Crippen LogP contribution is -2.35. The molecule has 16 heavy (non-hydrogen) atoms. The molecule has 1 N–H and O–H groups in total. The SMILES string of the molecule is CCOc1ccnc(NC2(C)CCOC2)n1. The molecule has 1 aromatic rings. The van der Waals surface area contributed by atoms with Gasteiger partial charge in [-0.25, -0.2) is 4.98 Å². The molecule has 88 valence electrons. The van der Waals surface area contributed by atoms with Crippen molar-refractivity contribution in [3.8, 4) is 5.88 Å². The molecule has 1 fully saturated rings. The van der Waals surface area contributed by atoms with Crippen LogP contribution in [0.5, 0.6) is 5.88 Å². The van der Waals surface area contributed by atoms with Crippen molar-refractivity contribution in [1.82, 2.24) is 9.97 Å². The molecule has 1 atom stereocenters. The molecular formula is C11H17N3O2. The van der Waals surface area contributed by atoms with Crippen LogP contribution in [0.2, 0.25) is 0 Å². The minimum atomic E-state index is -0.0646. The number of hydrogen-bond donors (Lipinski definition) is 1. The Kier molecular flexibility index (Phi) is 3.24. The standard InChI is InChI=1S/C11H17N3O2/c1-3-16-9-4-6-12-10(13-9)14-11(2)5-7-15-8-11/h4,6H,3,5,7-8H2,1-2H3,(H,12,13,14). The van der Waals surface area contributed by atoms with Crippen LogP contribution >= 0.6 is 0 Å². The van der Waals surface area contributed by atoms with Gasteiger partial charge in [0.1, 0.15) is 0 Å². The monoisotopic (exact) mass is 223 g/mol. The largest absolute Gasteiger partial charge is 0.478 e. The lowest BCUT2D eigenvalue weighted by atomic mass is 10.0. The second-order valence-electron chi connectivity index (χ2n) is 4.14. The summed E-state index contributed by atoms with van der Waals surface area (Å²) in [5.74, 6) is 1.20. The maximum absolute atomic E-state index is 5.36. The summed E-state index contributed by atoms with van der Waals surface area (Å²) in [7, 11) is 0. The minimum Gasteiger partial charge on any atom is -0.478 e. The van der Waals surface area contributed by atoms with Gasteiger partial charge in [-0.1, -0.05) is 0 Å². The van der Waals surface area contributed by atoms with Gasteiger partial charge in [-0.05, 0) is 20.3 Å². The van der Waals surface area contributed by atoms with Crippen molar-refractivity contribution in [2.75, 3.05) is 25.1 Å². The molecule has 1 aromatic heterocycles. The molecule has 0 spiro atoms. The lowest BCUT2D eigenvalue weighted by Gasteiger charge is -2.23. The fraction of sp³-hybridized carbons (Fsp3) is 0.636. The van der Waals surface area contributed by atoms with Gasteiger partial charge in [0.25, 0.3) is 0 Å². The molecule has 0 amide bonds. The van der Waals surface area contributed by atoms with Crippen molar-refractivity contribution >= 4 is 5.95 Å². The number of anilines is 1. The van der Waals surface area contributed by atoms with E-state index in [0.29, 0.717) is 25.0 Å². The van der Waals surface area contributed by atoms with Gasteiger partial charge >= 0.3 is 0 Å². The van der Waals surface area contributed by atoms with Crippen molar-refractivity contribution in [2.24, 2.45) is 0 Å². The van der Waals surface area contributed by atoms with Gasteiger partial charge in [0.05, 0.1) is 18.8 Å². The van der Waals surface area contributed by atoms with E-state index in [1.54, 1.807) is 12.3 Å². The molecule has 2 rings (SSSR count). The lowest BCUT2D eigenvalue weighted by molar-refractivity contribution is 0.185. The highest BCUT2D eigenvalue weighted by molar-refractivity contribution is 5.31. The van der Waals surface area contributed by atoms with E-state index in [1.165, 1.54) is 0 Å². The van der Waals surface area contributed by atoms with E-state index in [1.807, 2.05) is 6.92 Å². The van der Waals surface area contributed by atoms with E-state index in [9.17, 15) is 0 Å². The summed E-state index contributed by atoms with van der Waals surface area (Å²) in [4.78, 5) is 8.44. The van der Waals surface area contributed by atoms with E-state index >= 15 is 0 Å². The zero-order chi connectivity index (χ0) is 11.4. The van der Waals surface area contributed by atoms with Crippen LogP contribution in [0.4, 0.5) is 5.95 Å². The quantitative estimate of drug-likeness (QED) is 0.837. The van der Waals surface area contributed by atoms with Crippen molar-refractivity contribution in [2.45, 2.75) is 25.8 Å². The summed E-state index contributed by atoms with van der Waals surface area (Å²) >= 11 is 0. The Morgan fingerprint density at radius 2 is 2.50 bits per heavy atom. The zero-order valence-corrected chi connectivity index (χ0v) is 9.69. The maximum atomic E-state index is 5.36. The number of aromatic nitrogens is 2. The number of nitrogens with zero attached hydrogens (tertiary/aromatic N) is 2. The van der Waals surface area contributed by atoms with Gasteiger partial charge in [0.2, 0.25) is 11.8 Å². The van der Waals surface area contributed by atoms with Crippen LogP contribution < -0.4 is 10.1 Å². The Bertz CT molecular complexity index is 351. The first kappa shape index (κ1) is 11.1. The Morgan fingerprint density at radius 3 is 3.19 bits per heavy atom. The molecule has 0 aliphatic carbocycles. The maximum Gasteiger partial charge on any atom is 0.226 e. The summed E-state index contributed by atoms with van der Waals surface area (Å²) in [6, 6.07) is 1.75. The fourth-order valence-electron chi connectivity index (χ4n) is 1.67. The average Bonchev–Trinajstić information content (AvgIpc) is 2.66. The molecule has 0 aromatic carbocycles. The highest BCUT2D eigenvalue weighted by Gasteiger charge is 2.30. The van der Waals surface area contributed by atoms with E-state index < -0.39 is 0 Å². The van der Waals surface area contributed by atoms with Crippen molar-refractivity contribution in [1.29, 1.82) is 0 Å². The number of ether oxygens (including phenoxy) is 2. The summed E-state index contributed by atoms with van der Waals surface area (Å²) in [6.07, 6.45) is 2.66. The van der Waals surface area contributed by atoms with Gasteiger partial charge in [-0.3, -0.25) is 0 Å². The topological polar surface area (TPSA) is 56.3 Å². The Labute approximate surface area is 95.2 Å². The third kappa shape index (κ3) is 2.61. The van der Waals surface area contributed by atoms with Gasteiger partial charge in [-0.2, -0.15) is 4.98 Å². The second kappa shape index (κ2) is 4.65. The molecule has 1 aliphatic heterocycles. The van der Waals surface area contributed by atoms with Gasteiger partial charge in [0.15, 0.2) is 0 Å². The van der Waals surface area contributed by atoms with E-state index in [2.05, 4.69) is 22.2 Å². The first-order valence-electron chi connectivity index (χ1n) is 5.54. The zero-order valence-electron chi connectivity index (χ0n) is 9.69. The average molecular weight is 223 g/mol. The van der Waals surface area contributed by atoms with E-state index in [4.69, 9.17) is 9.47 Å². The third-order valence-corrected chi connectivity index (χ3v) is 2.55. The molecule has 0 bridgehead atoms. The summed E-state index contributed by atoms with van der Waals surface area (Å²) in [6.45, 7) is 6.12. The van der Waals surface area contributed by atoms with Crippen LogP contribution in [-0.2, 0) is 4.74 Å². The van der Waals surface area contributed by atoms with Crippen LogP contribution in [0.15, 0.2) is 12.3 Å². The van der Waals surface area contributed by atoms with E-state index in [0.717, 1.165) is 13.0 Å². The normalized spacial score (nSPS) is 24.4. The first-order valence-corrected chi connectivity index (χ1v) is 5.54. The number of nitrogens with one attached hydrogen (secondary N) is 1. The highest BCUT2D eigenvalue weighted by Crippen LogP contribution is 2.22. The molecule has 1 saturated heterocycles. The molecule has 0 radical (unpaired) electrons. The first-order chi connectivity index (χ1) is 7.72. The second-order valence-corrected chi connectivity index (χ2v) is 4.14. The van der Waals surface area contributed by atoms with Crippen LogP contribution in [0.25, 0.3) is 0 Å². The van der Waals surface area contributed by atoms with Gasteiger partial charge in [-0.15, -0.1) is 0 Å². The predicted octanol–water partition coefficient (Wildman–Crippen LogP) is 1.47. The van der Waals surface area contributed by atoms with Crippen molar-refractivity contribution in [3.63, 3.8) is 0 Å². The van der Waals surface area contributed by atoms with Gasteiger partial charge in [0, 0.05) is 18.9 Å². The van der Waals surface area contributed by atoms with Crippen molar-refractivity contribution < 1.29 is 9.47 Å². The molecule has 5 heteroatoms. The predicted molar refractivity (Wildman–Crippen MR) is 60.7 cm³/mol. The summed E-state index contributed by atoms with van der Waals surface area (Å²) in [5, 5.41) is 3.29. The number of hydrogen-bond acceptors (Lipinski definition) is 5. The fourth-order valence-corrected chi connectivity index (χ4v) is 1.67. The molecule has 1 unspecified atom stereocenters. The van der Waals surface area contributed by atoms with Crippen LogP contribution in [0, 0.1) is 0 Å². The summed E-state index contributed by atoms with van der Waals surface area (Å²) < 4.78 is 10.7. The Balaban J connectivity index is 2.05. The molecule has 0 saturated carbocycles. The molecular weight excluding hydrogens is 206 g/mol. The smallest absolute Gasteiger partial charge is 0.226 e. The molecule has 1 aliphatic rings. The molecule has 5 nitrogen and oxygen atoms in total. The van der Waals surface area contributed by atoms with Crippen LogP contribution in [-0.4, -0.2) is 35.3 Å². The van der Waals surface area contributed by atoms with Crippen LogP contribution in [0.1, 0.15) is 20.3 Å². The van der Waals surface area contributed by atoms with Gasteiger partial charge < -0.3 is 14.8 Å². The molecule has 2 heterocycles. The third-order valence-electron chi connectivity index (χ3n) is 2.55.